The van der Waals surface area contributed by atoms with Crippen molar-refractivity contribution in [3.8, 4) is 28.3 Å². The van der Waals surface area contributed by atoms with Crippen LogP contribution in [0.4, 0.5) is 0 Å². The number of nitrogens with zero attached hydrogens (tertiary/aromatic N) is 3. The Morgan fingerprint density at radius 3 is 2.14 bits per heavy atom. The first kappa shape index (κ1) is 27.6. The highest BCUT2D eigenvalue weighted by atomic mass is 32.2. The van der Waals surface area contributed by atoms with Gasteiger partial charge in [0.05, 0.1) is 18.1 Å². The topological polar surface area (TPSA) is 91.2 Å². The van der Waals surface area contributed by atoms with Gasteiger partial charge in [0.25, 0.3) is 5.56 Å². The third kappa shape index (κ3) is 4.72. The number of aromatic nitrogens is 3. The standard InChI is InChI=1S/C27H35N3O4SSi/c1-17(2)36(18(3)4,19(5)6)15-14-20-22-16-28-27(35(9,32)33)29-25(22)30(7)26(31)24(20)21-12-10-11-13-23(21)34-8/h10-13,16-19H,1-9H3. The fourth-order valence-corrected chi connectivity index (χ4v) is 11.0. The summed E-state index contributed by atoms with van der Waals surface area (Å²) >= 11 is 0. The lowest BCUT2D eigenvalue weighted by atomic mass is 9.98. The molecule has 192 valence electrons. The summed E-state index contributed by atoms with van der Waals surface area (Å²) < 4.78 is 31.3. The minimum Gasteiger partial charge on any atom is -0.496 e. The number of methoxy groups -OCH3 is 1. The largest absolute Gasteiger partial charge is 0.496 e. The molecule has 9 heteroatoms. The number of ether oxygens (including phenoxy) is 1. The summed E-state index contributed by atoms with van der Waals surface area (Å²) in [7, 11) is -2.68. The molecular weight excluding hydrogens is 490 g/mol. The lowest BCUT2D eigenvalue weighted by Crippen LogP contribution is -2.43. The molecule has 0 amide bonds. The number of pyridine rings is 1. The molecule has 1 aromatic carbocycles. The van der Waals surface area contributed by atoms with Gasteiger partial charge < -0.3 is 4.74 Å². The summed E-state index contributed by atoms with van der Waals surface area (Å²) in [6, 6.07) is 7.32. The quantitative estimate of drug-likeness (QED) is 0.256. The van der Waals surface area contributed by atoms with Gasteiger partial charge in [-0.3, -0.25) is 9.36 Å². The van der Waals surface area contributed by atoms with Gasteiger partial charge in [-0.05, 0) is 22.7 Å². The highest BCUT2D eigenvalue weighted by Crippen LogP contribution is 2.41. The maximum Gasteiger partial charge on any atom is 0.261 e. The molecule has 0 atom stereocenters. The van der Waals surface area contributed by atoms with Gasteiger partial charge in [0.15, 0.2) is 0 Å². The Balaban J connectivity index is 2.56. The van der Waals surface area contributed by atoms with E-state index in [0.717, 1.165) is 6.26 Å². The fraction of sp³-hybridized carbons (Fsp3) is 0.444. The van der Waals surface area contributed by atoms with E-state index >= 15 is 0 Å². The maximum atomic E-state index is 13.8. The van der Waals surface area contributed by atoms with Gasteiger partial charge in [0, 0.05) is 30.6 Å². The second kappa shape index (κ2) is 10.2. The van der Waals surface area contributed by atoms with Crippen LogP contribution in [0.1, 0.15) is 47.1 Å². The van der Waals surface area contributed by atoms with Gasteiger partial charge >= 0.3 is 0 Å². The van der Waals surface area contributed by atoms with E-state index in [-0.39, 0.29) is 16.4 Å². The first-order chi connectivity index (χ1) is 16.8. The molecular formula is C27H35N3O4SSi. The second-order valence-electron chi connectivity index (χ2n) is 10.1. The van der Waals surface area contributed by atoms with Crippen LogP contribution >= 0.6 is 0 Å². The number of aryl methyl sites for hydroxylation is 1. The third-order valence-electron chi connectivity index (χ3n) is 7.08. The fourth-order valence-electron chi connectivity index (χ4n) is 5.31. The first-order valence-electron chi connectivity index (χ1n) is 12.0. The molecule has 0 bridgehead atoms. The minimum atomic E-state index is -3.67. The van der Waals surface area contributed by atoms with Crippen molar-refractivity contribution < 1.29 is 13.2 Å². The molecule has 0 saturated heterocycles. The molecule has 0 unspecified atom stereocenters. The molecule has 0 aliphatic heterocycles. The zero-order valence-electron chi connectivity index (χ0n) is 22.5. The van der Waals surface area contributed by atoms with Crippen LogP contribution in [0.3, 0.4) is 0 Å². The van der Waals surface area contributed by atoms with Crippen molar-refractivity contribution in [1.82, 2.24) is 14.5 Å². The van der Waals surface area contributed by atoms with E-state index in [0.29, 0.717) is 44.4 Å². The summed E-state index contributed by atoms with van der Waals surface area (Å²) in [5.41, 5.74) is 6.29. The monoisotopic (exact) mass is 525 g/mol. The van der Waals surface area contributed by atoms with Crippen molar-refractivity contribution in [2.45, 2.75) is 63.3 Å². The summed E-state index contributed by atoms with van der Waals surface area (Å²) in [6.07, 6.45) is 2.51. The number of hydrogen-bond donors (Lipinski definition) is 0. The molecule has 7 nitrogen and oxygen atoms in total. The Labute approximate surface area is 214 Å². The van der Waals surface area contributed by atoms with Gasteiger partial charge in [-0.1, -0.05) is 65.7 Å². The molecule has 2 aromatic heterocycles. The van der Waals surface area contributed by atoms with Gasteiger partial charge in [-0.15, -0.1) is 5.54 Å². The summed E-state index contributed by atoms with van der Waals surface area (Å²) in [5, 5.41) is 0.196. The van der Waals surface area contributed by atoms with Crippen LogP contribution in [0.15, 0.2) is 40.4 Å². The molecule has 2 heterocycles. The maximum absolute atomic E-state index is 13.8. The highest BCUT2D eigenvalue weighted by Gasteiger charge is 2.41. The first-order valence-corrected chi connectivity index (χ1v) is 16.2. The van der Waals surface area contributed by atoms with Gasteiger partial charge in [-0.2, -0.15) is 4.98 Å². The summed E-state index contributed by atoms with van der Waals surface area (Å²) in [4.78, 5) is 22.2. The van der Waals surface area contributed by atoms with Crippen LogP contribution in [0.25, 0.3) is 22.2 Å². The van der Waals surface area contributed by atoms with Gasteiger partial charge in [0.2, 0.25) is 15.0 Å². The van der Waals surface area contributed by atoms with E-state index in [9.17, 15) is 13.2 Å². The Kier molecular flexibility index (Phi) is 7.82. The lowest BCUT2D eigenvalue weighted by molar-refractivity contribution is 0.416. The van der Waals surface area contributed by atoms with E-state index in [1.165, 1.54) is 10.8 Å². The molecule has 0 fully saturated rings. The van der Waals surface area contributed by atoms with Crippen LogP contribution in [0.5, 0.6) is 5.75 Å². The number of benzene rings is 1. The second-order valence-corrected chi connectivity index (χ2v) is 17.6. The van der Waals surface area contributed by atoms with Crippen LogP contribution in [-0.2, 0) is 16.9 Å². The van der Waals surface area contributed by atoms with Gasteiger partial charge in [-0.25, -0.2) is 13.4 Å². The molecule has 0 saturated carbocycles. The van der Waals surface area contributed by atoms with Crippen molar-refractivity contribution in [1.29, 1.82) is 0 Å². The molecule has 3 rings (SSSR count). The van der Waals surface area contributed by atoms with E-state index in [1.807, 2.05) is 18.2 Å². The Hall–Kier alpha value is -2.96. The number of sulfone groups is 1. The predicted octanol–water partition coefficient (Wildman–Crippen LogP) is 4.98. The van der Waals surface area contributed by atoms with Crippen LogP contribution < -0.4 is 10.3 Å². The zero-order chi connectivity index (χ0) is 27.0. The Bertz CT molecular complexity index is 1510. The van der Waals surface area contributed by atoms with E-state index in [2.05, 4.69) is 63.0 Å². The molecule has 36 heavy (non-hydrogen) atoms. The Morgan fingerprint density at radius 1 is 1.03 bits per heavy atom. The van der Waals surface area contributed by atoms with E-state index in [4.69, 9.17) is 4.74 Å². The average molecular weight is 526 g/mol. The normalized spacial score (nSPS) is 12.3. The van der Waals surface area contributed by atoms with Crippen molar-refractivity contribution in [2.75, 3.05) is 13.4 Å². The van der Waals surface area contributed by atoms with Crippen LogP contribution in [-0.4, -0.2) is 44.4 Å². The van der Waals surface area contributed by atoms with Gasteiger partial charge in [0.1, 0.15) is 19.5 Å². The number of para-hydroxylation sites is 1. The number of rotatable bonds is 6. The van der Waals surface area contributed by atoms with Crippen molar-refractivity contribution >= 4 is 28.9 Å². The number of hydrogen-bond acceptors (Lipinski definition) is 6. The molecule has 0 spiro atoms. The molecule has 3 aromatic rings. The molecule has 0 N–H and O–H groups in total. The van der Waals surface area contributed by atoms with Crippen molar-refractivity contribution in [2.24, 2.45) is 7.05 Å². The van der Waals surface area contributed by atoms with E-state index in [1.54, 1.807) is 20.2 Å². The van der Waals surface area contributed by atoms with Crippen LogP contribution in [0, 0.1) is 11.5 Å². The average Bonchev–Trinajstić information content (AvgIpc) is 2.81. The molecule has 0 aliphatic rings. The number of fused-ring (bicyclic) bond motifs is 1. The summed E-state index contributed by atoms with van der Waals surface area (Å²) in [5.74, 6) is 3.98. The minimum absolute atomic E-state index is 0.226. The predicted molar refractivity (Wildman–Crippen MR) is 148 cm³/mol. The summed E-state index contributed by atoms with van der Waals surface area (Å²) in [6.45, 7) is 13.4. The van der Waals surface area contributed by atoms with E-state index < -0.39 is 17.9 Å². The van der Waals surface area contributed by atoms with Crippen LogP contribution in [0.2, 0.25) is 16.6 Å². The zero-order valence-corrected chi connectivity index (χ0v) is 24.3. The van der Waals surface area contributed by atoms with Crippen molar-refractivity contribution in [3.05, 3.63) is 46.4 Å². The highest BCUT2D eigenvalue weighted by molar-refractivity contribution is 7.90. The SMILES string of the molecule is COc1ccccc1-c1c(C#C[Si](C(C)C)(C(C)C)C(C)C)c2cnc(S(C)(=O)=O)nc2n(C)c1=O. The molecule has 0 aliphatic carbocycles. The third-order valence-corrected chi connectivity index (χ3v) is 14.2. The lowest BCUT2D eigenvalue weighted by Gasteiger charge is -2.38. The van der Waals surface area contributed by atoms with Crippen molar-refractivity contribution in [3.63, 3.8) is 0 Å². The smallest absolute Gasteiger partial charge is 0.261 e. The molecule has 0 radical (unpaired) electrons. The Morgan fingerprint density at radius 2 is 1.61 bits per heavy atom.